The summed E-state index contributed by atoms with van der Waals surface area (Å²) >= 11 is 0. The third kappa shape index (κ3) is 4.58. The fourth-order valence-electron chi connectivity index (χ4n) is 2.62. The van der Waals surface area contributed by atoms with Gasteiger partial charge in [0.15, 0.2) is 11.5 Å². The van der Waals surface area contributed by atoms with Crippen molar-refractivity contribution < 1.29 is 14.3 Å². The molecule has 0 heterocycles. The number of rotatable bonds is 6. The Labute approximate surface area is 158 Å². The first kappa shape index (κ1) is 18.3. The number of methoxy groups -OCH3 is 2. The zero-order valence-electron chi connectivity index (χ0n) is 15.6. The van der Waals surface area contributed by atoms with Gasteiger partial charge in [-0.25, -0.2) is 0 Å². The maximum absolute atomic E-state index is 12.5. The molecule has 2 N–H and O–H groups in total. The van der Waals surface area contributed by atoms with Gasteiger partial charge in [0.25, 0.3) is 5.91 Å². The normalized spacial score (nSPS) is 10.2. The van der Waals surface area contributed by atoms with Crippen LogP contribution < -0.4 is 20.1 Å². The molecule has 0 atom stereocenters. The summed E-state index contributed by atoms with van der Waals surface area (Å²) in [5, 5.41) is 6.21. The van der Waals surface area contributed by atoms with Crippen molar-refractivity contribution in [3.63, 3.8) is 0 Å². The maximum atomic E-state index is 12.5. The molecule has 0 spiro atoms. The summed E-state index contributed by atoms with van der Waals surface area (Å²) in [6.07, 6.45) is 0. The lowest BCUT2D eigenvalue weighted by molar-refractivity contribution is 0.102. The number of nitrogens with one attached hydrogen (secondary N) is 2. The minimum atomic E-state index is -0.213. The summed E-state index contributed by atoms with van der Waals surface area (Å²) in [5.41, 5.74) is 4.39. The van der Waals surface area contributed by atoms with Crippen LogP contribution in [0.2, 0.25) is 0 Å². The Morgan fingerprint density at radius 2 is 1.30 bits per heavy atom. The van der Waals surface area contributed by atoms with E-state index in [1.807, 2.05) is 36.4 Å². The van der Waals surface area contributed by atoms with Crippen molar-refractivity contribution in [2.75, 3.05) is 24.9 Å². The van der Waals surface area contributed by atoms with Gasteiger partial charge in [-0.05, 0) is 61.5 Å². The summed E-state index contributed by atoms with van der Waals surface area (Å²) < 4.78 is 10.4. The van der Waals surface area contributed by atoms with Gasteiger partial charge in [0.1, 0.15) is 0 Å². The van der Waals surface area contributed by atoms with Crippen LogP contribution in [-0.2, 0) is 0 Å². The average molecular weight is 362 g/mol. The monoisotopic (exact) mass is 362 g/mol. The molecular formula is C22H22N2O3. The van der Waals surface area contributed by atoms with E-state index in [1.54, 1.807) is 32.4 Å². The molecule has 0 unspecified atom stereocenters. The van der Waals surface area contributed by atoms with Crippen molar-refractivity contribution in [1.82, 2.24) is 0 Å². The standard InChI is InChI=1S/C22H22N2O3/c1-15-4-7-17(8-5-15)23-18-9-11-19(12-10-18)24-22(25)16-6-13-20(26-2)21(14-16)27-3/h4-14,23H,1-3H3,(H,24,25). The molecule has 0 radical (unpaired) electrons. The first-order valence-electron chi connectivity index (χ1n) is 8.56. The van der Waals surface area contributed by atoms with E-state index in [4.69, 9.17) is 9.47 Å². The number of hydrogen-bond donors (Lipinski definition) is 2. The third-order valence-corrected chi connectivity index (χ3v) is 4.13. The highest BCUT2D eigenvalue weighted by atomic mass is 16.5. The number of ether oxygens (including phenoxy) is 2. The highest BCUT2D eigenvalue weighted by Crippen LogP contribution is 2.28. The summed E-state index contributed by atoms with van der Waals surface area (Å²) in [7, 11) is 3.10. The fourth-order valence-corrected chi connectivity index (χ4v) is 2.62. The van der Waals surface area contributed by atoms with Gasteiger partial charge < -0.3 is 20.1 Å². The molecule has 0 aliphatic rings. The number of anilines is 3. The van der Waals surface area contributed by atoms with Gasteiger partial charge in [0.2, 0.25) is 0 Å². The van der Waals surface area contributed by atoms with Gasteiger partial charge >= 0.3 is 0 Å². The predicted octanol–water partition coefficient (Wildman–Crippen LogP) is 5.01. The minimum absolute atomic E-state index is 0.213. The Bertz CT molecular complexity index is 919. The van der Waals surface area contributed by atoms with E-state index >= 15 is 0 Å². The fraction of sp³-hybridized carbons (Fsp3) is 0.136. The number of carbonyl (C=O) groups is 1. The molecule has 3 aromatic carbocycles. The van der Waals surface area contributed by atoms with Crippen LogP contribution in [0, 0.1) is 6.92 Å². The second-order valence-electron chi connectivity index (χ2n) is 6.09. The van der Waals surface area contributed by atoms with E-state index in [0.717, 1.165) is 11.4 Å². The Hall–Kier alpha value is -3.47. The van der Waals surface area contributed by atoms with Crippen molar-refractivity contribution in [2.45, 2.75) is 6.92 Å². The lowest BCUT2D eigenvalue weighted by Crippen LogP contribution is -2.12. The summed E-state index contributed by atoms with van der Waals surface area (Å²) in [4.78, 5) is 12.5. The molecule has 3 aromatic rings. The molecule has 5 nitrogen and oxygen atoms in total. The lowest BCUT2D eigenvalue weighted by atomic mass is 10.1. The SMILES string of the molecule is COc1ccc(C(=O)Nc2ccc(Nc3ccc(C)cc3)cc2)cc1OC. The van der Waals surface area contributed by atoms with E-state index in [1.165, 1.54) is 5.56 Å². The second-order valence-corrected chi connectivity index (χ2v) is 6.09. The first-order valence-corrected chi connectivity index (χ1v) is 8.56. The summed E-state index contributed by atoms with van der Waals surface area (Å²) in [5.74, 6) is 0.888. The van der Waals surface area contributed by atoms with Crippen LogP contribution in [0.5, 0.6) is 11.5 Å². The largest absolute Gasteiger partial charge is 0.493 e. The van der Waals surface area contributed by atoms with E-state index in [2.05, 4.69) is 29.7 Å². The first-order chi connectivity index (χ1) is 13.1. The van der Waals surface area contributed by atoms with Crippen LogP contribution in [0.25, 0.3) is 0 Å². The number of benzene rings is 3. The summed E-state index contributed by atoms with van der Waals surface area (Å²) in [6, 6.07) is 20.8. The molecule has 0 fully saturated rings. The molecule has 5 heteroatoms. The van der Waals surface area contributed by atoms with E-state index in [0.29, 0.717) is 22.7 Å². The van der Waals surface area contributed by atoms with Gasteiger partial charge in [-0.15, -0.1) is 0 Å². The third-order valence-electron chi connectivity index (χ3n) is 4.13. The van der Waals surface area contributed by atoms with Crippen LogP contribution in [0.1, 0.15) is 15.9 Å². The Balaban J connectivity index is 1.67. The van der Waals surface area contributed by atoms with E-state index in [9.17, 15) is 4.79 Å². The smallest absolute Gasteiger partial charge is 0.255 e. The highest BCUT2D eigenvalue weighted by molar-refractivity contribution is 6.04. The Morgan fingerprint density at radius 1 is 0.741 bits per heavy atom. The van der Waals surface area contributed by atoms with E-state index in [-0.39, 0.29) is 5.91 Å². The van der Waals surface area contributed by atoms with Crippen molar-refractivity contribution in [3.05, 3.63) is 77.9 Å². The van der Waals surface area contributed by atoms with Gasteiger partial charge in [-0.3, -0.25) is 4.79 Å². The Morgan fingerprint density at radius 3 is 1.89 bits per heavy atom. The predicted molar refractivity (Wildman–Crippen MR) is 108 cm³/mol. The zero-order chi connectivity index (χ0) is 19.2. The number of aryl methyl sites for hydroxylation is 1. The van der Waals surface area contributed by atoms with Crippen LogP contribution >= 0.6 is 0 Å². The van der Waals surface area contributed by atoms with Gasteiger partial charge in [0.05, 0.1) is 14.2 Å². The molecule has 138 valence electrons. The van der Waals surface area contributed by atoms with Gasteiger partial charge in [-0.1, -0.05) is 17.7 Å². The molecule has 0 bridgehead atoms. The van der Waals surface area contributed by atoms with Gasteiger partial charge in [-0.2, -0.15) is 0 Å². The van der Waals surface area contributed by atoms with Crippen LogP contribution in [0.15, 0.2) is 66.7 Å². The van der Waals surface area contributed by atoms with Crippen molar-refractivity contribution in [3.8, 4) is 11.5 Å². The number of amides is 1. The summed E-state index contributed by atoms with van der Waals surface area (Å²) in [6.45, 7) is 2.06. The molecule has 0 aliphatic heterocycles. The molecule has 27 heavy (non-hydrogen) atoms. The molecule has 0 aromatic heterocycles. The molecule has 3 rings (SSSR count). The minimum Gasteiger partial charge on any atom is -0.493 e. The topological polar surface area (TPSA) is 59.6 Å². The van der Waals surface area contributed by atoms with Crippen molar-refractivity contribution >= 4 is 23.0 Å². The molecule has 0 saturated heterocycles. The molecule has 0 aliphatic carbocycles. The number of carbonyl (C=O) groups excluding carboxylic acids is 1. The zero-order valence-corrected chi connectivity index (χ0v) is 15.6. The maximum Gasteiger partial charge on any atom is 0.255 e. The van der Waals surface area contributed by atoms with Crippen LogP contribution in [0.4, 0.5) is 17.1 Å². The van der Waals surface area contributed by atoms with Crippen LogP contribution in [-0.4, -0.2) is 20.1 Å². The number of hydrogen-bond acceptors (Lipinski definition) is 4. The molecular weight excluding hydrogens is 340 g/mol. The van der Waals surface area contributed by atoms with Crippen molar-refractivity contribution in [1.29, 1.82) is 0 Å². The lowest BCUT2D eigenvalue weighted by Gasteiger charge is -2.11. The second kappa shape index (κ2) is 8.27. The van der Waals surface area contributed by atoms with E-state index < -0.39 is 0 Å². The molecule has 0 saturated carbocycles. The van der Waals surface area contributed by atoms with Gasteiger partial charge in [0, 0.05) is 22.6 Å². The highest BCUT2D eigenvalue weighted by Gasteiger charge is 2.11. The quantitative estimate of drug-likeness (QED) is 0.647. The van der Waals surface area contributed by atoms with Crippen molar-refractivity contribution in [2.24, 2.45) is 0 Å². The average Bonchev–Trinajstić information content (AvgIpc) is 2.70. The van der Waals surface area contributed by atoms with Crippen LogP contribution in [0.3, 0.4) is 0 Å². The Kier molecular flexibility index (Phi) is 5.61. The molecule has 1 amide bonds.